The van der Waals surface area contributed by atoms with Gasteiger partial charge in [-0.15, -0.1) is 5.10 Å². The molecule has 0 aliphatic carbocycles. The number of carbonyl (C=O) groups is 1. The van der Waals surface area contributed by atoms with Crippen molar-refractivity contribution in [2.45, 2.75) is 24.5 Å². The Morgan fingerprint density at radius 1 is 1.71 bits per heavy atom. The van der Waals surface area contributed by atoms with Crippen molar-refractivity contribution in [1.82, 2.24) is 20.1 Å². The van der Waals surface area contributed by atoms with E-state index in [1.807, 2.05) is 6.92 Å². The van der Waals surface area contributed by atoms with Crippen molar-refractivity contribution >= 4 is 17.7 Å². The average molecular weight is 259 g/mol. The summed E-state index contributed by atoms with van der Waals surface area (Å²) in [6, 6.07) is 0. The van der Waals surface area contributed by atoms with Gasteiger partial charge in [-0.1, -0.05) is 18.7 Å². The number of nitrogens with two attached hydrogens (primary N) is 1. The van der Waals surface area contributed by atoms with Crippen LogP contribution in [0.4, 0.5) is 0 Å². The molecule has 0 aliphatic heterocycles. The van der Waals surface area contributed by atoms with Gasteiger partial charge in [-0.25, -0.2) is 9.89 Å². The Bertz CT molecular complexity index is 454. The molecule has 4 N–H and O–H groups in total. The van der Waals surface area contributed by atoms with Gasteiger partial charge in [0, 0.05) is 12.8 Å². The first-order valence-corrected chi connectivity index (χ1v) is 6.18. The number of thioether (sulfide) groups is 1. The lowest BCUT2D eigenvalue weighted by Crippen LogP contribution is -2.55. The van der Waals surface area contributed by atoms with Gasteiger partial charge >= 0.3 is 5.69 Å². The van der Waals surface area contributed by atoms with E-state index in [1.54, 1.807) is 14.0 Å². The van der Waals surface area contributed by atoms with Crippen molar-refractivity contribution in [1.29, 1.82) is 0 Å². The number of aromatic nitrogens is 3. The van der Waals surface area contributed by atoms with Gasteiger partial charge in [0.05, 0.1) is 0 Å². The maximum Gasteiger partial charge on any atom is 0.343 e. The van der Waals surface area contributed by atoms with E-state index in [0.717, 1.165) is 0 Å². The summed E-state index contributed by atoms with van der Waals surface area (Å²) < 4.78 is 1.39. The van der Waals surface area contributed by atoms with Crippen LogP contribution in [0.5, 0.6) is 0 Å². The third-order valence-corrected chi connectivity index (χ3v) is 3.78. The summed E-state index contributed by atoms with van der Waals surface area (Å²) in [7, 11) is 1.61. The predicted octanol–water partition coefficient (Wildman–Crippen LogP) is -0.946. The molecule has 0 aliphatic rings. The monoisotopic (exact) mass is 259 g/mol. The number of nitrogens with one attached hydrogen (secondary N) is 2. The minimum absolute atomic E-state index is 0.281. The molecule has 0 saturated carbocycles. The van der Waals surface area contributed by atoms with Crippen LogP contribution < -0.4 is 16.7 Å². The van der Waals surface area contributed by atoms with Crippen LogP contribution in [-0.2, 0) is 11.8 Å². The molecule has 0 aromatic carbocycles. The number of primary amides is 1. The molecule has 0 saturated heterocycles. The second-order valence-electron chi connectivity index (χ2n) is 3.89. The fourth-order valence-electron chi connectivity index (χ4n) is 1.27. The summed E-state index contributed by atoms with van der Waals surface area (Å²) in [6.45, 7) is 4.27. The predicted molar refractivity (Wildman–Crippen MR) is 65.8 cm³/mol. The van der Waals surface area contributed by atoms with Crippen LogP contribution in [0.15, 0.2) is 9.95 Å². The summed E-state index contributed by atoms with van der Waals surface area (Å²) >= 11 is 1.30. The second-order valence-corrected chi connectivity index (χ2v) is 4.83. The van der Waals surface area contributed by atoms with Crippen LogP contribution in [0.1, 0.15) is 13.8 Å². The molecular formula is C9H17N5O2S. The molecule has 1 aromatic rings. The number of H-pyrrole nitrogens is 1. The van der Waals surface area contributed by atoms with E-state index >= 15 is 0 Å². The number of likely N-dealkylation sites (N-methyl/N-ethyl adjacent to an activating group) is 1. The normalized spacial score (nSPS) is 14.5. The molecule has 1 atom stereocenters. The number of nitrogens with zero attached hydrogens (tertiary/aromatic N) is 2. The van der Waals surface area contributed by atoms with Gasteiger partial charge in [0.2, 0.25) is 5.91 Å². The van der Waals surface area contributed by atoms with Crippen molar-refractivity contribution in [2.24, 2.45) is 12.8 Å². The SMILES string of the molecule is CCNC(C)(CSc1n[nH]c(=O)n1C)C(N)=O. The van der Waals surface area contributed by atoms with Crippen LogP contribution in [0.3, 0.4) is 0 Å². The summed E-state index contributed by atoms with van der Waals surface area (Å²) in [4.78, 5) is 22.5. The van der Waals surface area contributed by atoms with Crippen molar-refractivity contribution in [3.8, 4) is 0 Å². The van der Waals surface area contributed by atoms with Crippen molar-refractivity contribution in [2.75, 3.05) is 12.3 Å². The van der Waals surface area contributed by atoms with Gasteiger partial charge in [0.25, 0.3) is 0 Å². The highest BCUT2D eigenvalue weighted by Crippen LogP contribution is 2.19. The largest absolute Gasteiger partial charge is 0.368 e. The summed E-state index contributed by atoms with van der Waals surface area (Å²) in [5.74, 6) is -0.0127. The maximum absolute atomic E-state index is 11.4. The number of hydrogen-bond donors (Lipinski definition) is 3. The second kappa shape index (κ2) is 5.37. The van der Waals surface area contributed by atoms with Crippen LogP contribution >= 0.6 is 11.8 Å². The lowest BCUT2D eigenvalue weighted by molar-refractivity contribution is -0.122. The Balaban J connectivity index is 2.74. The standard InChI is InChI=1S/C9H17N5O2S/c1-4-11-9(2,6(10)15)5-17-8-13-12-7(16)14(8)3/h11H,4-5H2,1-3H3,(H2,10,15)(H,12,16). The van der Waals surface area contributed by atoms with Gasteiger partial charge in [0.1, 0.15) is 5.54 Å². The van der Waals surface area contributed by atoms with E-state index in [-0.39, 0.29) is 5.69 Å². The van der Waals surface area contributed by atoms with Crippen LogP contribution in [0.2, 0.25) is 0 Å². The molecule has 0 radical (unpaired) electrons. The molecule has 1 amide bonds. The van der Waals surface area contributed by atoms with Crippen LogP contribution in [-0.4, -0.2) is 38.5 Å². The van der Waals surface area contributed by atoms with Crippen LogP contribution in [0, 0.1) is 0 Å². The highest BCUT2D eigenvalue weighted by molar-refractivity contribution is 7.99. The van der Waals surface area contributed by atoms with Crippen molar-refractivity contribution in [3.63, 3.8) is 0 Å². The third-order valence-electron chi connectivity index (χ3n) is 2.44. The Morgan fingerprint density at radius 2 is 2.35 bits per heavy atom. The quantitative estimate of drug-likeness (QED) is 0.571. The molecule has 0 fully saturated rings. The molecule has 7 nitrogen and oxygen atoms in total. The zero-order chi connectivity index (χ0) is 13.1. The zero-order valence-corrected chi connectivity index (χ0v) is 10.9. The lowest BCUT2D eigenvalue weighted by Gasteiger charge is -2.26. The third kappa shape index (κ3) is 3.10. The first-order chi connectivity index (χ1) is 7.90. The first kappa shape index (κ1) is 13.8. The van der Waals surface area contributed by atoms with E-state index in [2.05, 4.69) is 15.5 Å². The molecule has 8 heteroatoms. The Kier molecular flexibility index (Phi) is 4.35. The maximum atomic E-state index is 11.4. The molecule has 0 bridgehead atoms. The fraction of sp³-hybridized carbons (Fsp3) is 0.667. The summed E-state index contributed by atoms with van der Waals surface area (Å²) in [6.07, 6.45) is 0. The molecule has 0 spiro atoms. The lowest BCUT2D eigenvalue weighted by atomic mass is 10.1. The number of amides is 1. The zero-order valence-electron chi connectivity index (χ0n) is 10.1. The van der Waals surface area contributed by atoms with E-state index in [0.29, 0.717) is 17.5 Å². The van der Waals surface area contributed by atoms with E-state index in [1.165, 1.54) is 16.3 Å². The van der Waals surface area contributed by atoms with Gasteiger partial charge < -0.3 is 11.1 Å². The summed E-state index contributed by atoms with van der Waals surface area (Å²) in [5.41, 5.74) is 4.26. The molecule has 1 aromatic heterocycles. The fourth-order valence-corrected chi connectivity index (χ4v) is 2.32. The Morgan fingerprint density at radius 3 is 2.76 bits per heavy atom. The van der Waals surface area contributed by atoms with Crippen LogP contribution in [0.25, 0.3) is 0 Å². The summed E-state index contributed by atoms with van der Waals surface area (Å²) in [5, 5.41) is 9.74. The Labute approximate surface area is 103 Å². The van der Waals surface area contributed by atoms with Crippen molar-refractivity contribution in [3.05, 3.63) is 10.5 Å². The van der Waals surface area contributed by atoms with E-state index in [4.69, 9.17) is 5.73 Å². The first-order valence-electron chi connectivity index (χ1n) is 5.20. The molecule has 1 heterocycles. The molecule has 96 valence electrons. The van der Waals surface area contributed by atoms with Crippen molar-refractivity contribution < 1.29 is 4.79 Å². The number of rotatable bonds is 6. The number of aromatic amines is 1. The van der Waals surface area contributed by atoms with Gasteiger partial charge in [-0.05, 0) is 13.5 Å². The molecule has 1 rings (SSSR count). The van der Waals surface area contributed by atoms with Gasteiger partial charge in [-0.3, -0.25) is 9.36 Å². The average Bonchev–Trinajstić information content (AvgIpc) is 2.57. The highest BCUT2D eigenvalue weighted by atomic mass is 32.2. The molecule has 17 heavy (non-hydrogen) atoms. The number of carbonyl (C=O) groups excluding carboxylic acids is 1. The van der Waals surface area contributed by atoms with E-state index in [9.17, 15) is 9.59 Å². The molecule has 1 unspecified atom stereocenters. The minimum Gasteiger partial charge on any atom is -0.368 e. The smallest absolute Gasteiger partial charge is 0.343 e. The Hall–Kier alpha value is -1.28. The molecular weight excluding hydrogens is 242 g/mol. The number of hydrogen-bond acceptors (Lipinski definition) is 5. The van der Waals surface area contributed by atoms with Gasteiger partial charge in [-0.2, -0.15) is 0 Å². The topological polar surface area (TPSA) is 106 Å². The van der Waals surface area contributed by atoms with E-state index < -0.39 is 11.4 Å². The highest BCUT2D eigenvalue weighted by Gasteiger charge is 2.30. The minimum atomic E-state index is -0.811. The van der Waals surface area contributed by atoms with Gasteiger partial charge in [0.15, 0.2) is 5.16 Å².